The van der Waals surface area contributed by atoms with E-state index >= 15 is 0 Å². The first-order valence-electron chi connectivity index (χ1n) is 13.6. The minimum Gasteiger partial charge on any atom is -0.378 e. The first-order valence-corrected chi connectivity index (χ1v) is 13.6. The standard InChI is InChI=1S/C29H47N3O/c1-5-6-7-14-30-15-17-32(18-16-30)28-13-12-26(31-19-21-33-22-20-31)23-27(28)24-8-10-25(11-9-24)29(2,3)4/h8,12-13,23,25H,5-7,9-11,14-22H2,1-4H3. The maximum Gasteiger partial charge on any atom is 0.0642 e. The molecule has 1 atom stereocenters. The van der Waals surface area contributed by atoms with Crippen LogP contribution in [-0.2, 0) is 4.74 Å². The molecule has 0 radical (unpaired) electrons. The number of allylic oxidation sites excluding steroid dienone is 2. The molecular weight excluding hydrogens is 406 g/mol. The van der Waals surface area contributed by atoms with Gasteiger partial charge in [0.2, 0.25) is 0 Å². The average Bonchev–Trinajstić information content (AvgIpc) is 2.84. The number of hydrogen-bond donors (Lipinski definition) is 0. The predicted octanol–water partition coefficient (Wildman–Crippen LogP) is 6.07. The molecule has 3 aliphatic rings. The van der Waals surface area contributed by atoms with Gasteiger partial charge in [-0.25, -0.2) is 0 Å². The fourth-order valence-corrected chi connectivity index (χ4v) is 5.74. The summed E-state index contributed by atoms with van der Waals surface area (Å²) in [7, 11) is 0. The van der Waals surface area contributed by atoms with Crippen molar-refractivity contribution in [1.29, 1.82) is 0 Å². The zero-order valence-corrected chi connectivity index (χ0v) is 21.7. The van der Waals surface area contributed by atoms with Gasteiger partial charge in [-0.15, -0.1) is 0 Å². The van der Waals surface area contributed by atoms with Crippen molar-refractivity contribution in [1.82, 2.24) is 4.90 Å². The normalized spacial score (nSPS) is 23.0. The van der Waals surface area contributed by atoms with E-state index in [0.29, 0.717) is 5.41 Å². The maximum atomic E-state index is 5.61. The number of nitrogens with zero attached hydrogens (tertiary/aromatic N) is 3. The summed E-state index contributed by atoms with van der Waals surface area (Å²) in [5.74, 6) is 0.791. The number of hydrogen-bond acceptors (Lipinski definition) is 4. The molecule has 2 fully saturated rings. The summed E-state index contributed by atoms with van der Waals surface area (Å²) < 4.78 is 5.61. The first-order chi connectivity index (χ1) is 16.0. The van der Waals surface area contributed by atoms with E-state index in [1.54, 1.807) is 5.57 Å². The van der Waals surface area contributed by atoms with E-state index in [9.17, 15) is 0 Å². The Bertz CT molecular complexity index is 783. The Morgan fingerprint density at radius 3 is 2.33 bits per heavy atom. The highest BCUT2D eigenvalue weighted by atomic mass is 16.5. The van der Waals surface area contributed by atoms with E-state index in [2.05, 4.69) is 66.7 Å². The quantitative estimate of drug-likeness (QED) is 0.467. The summed E-state index contributed by atoms with van der Waals surface area (Å²) in [5.41, 5.74) is 6.29. The number of ether oxygens (including phenoxy) is 1. The van der Waals surface area contributed by atoms with Crippen molar-refractivity contribution < 1.29 is 4.74 Å². The molecule has 2 aliphatic heterocycles. The Kier molecular flexibility index (Phi) is 8.40. The molecule has 4 rings (SSSR count). The number of piperazine rings is 1. The van der Waals surface area contributed by atoms with Crippen LogP contribution in [0.5, 0.6) is 0 Å². The summed E-state index contributed by atoms with van der Waals surface area (Å²) in [6.07, 6.45) is 10.3. The lowest BCUT2D eigenvalue weighted by Gasteiger charge is -2.39. The van der Waals surface area contributed by atoms with Crippen LogP contribution in [0.15, 0.2) is 24.3 Å². The zero-order chi connectivity index (χ0) is 23.3. The van der Waals surface area contributed by atoms with Crippen molar-refractivity contribution in [2.24, 2.45) is 11.3 Å². The first kappa shape index (κ1) is 24.6. The molecule has 1 aromatic rings. The monoisotopic (exact) mass is 453 g/mol. The van der Waals surface area contributed by atoms with Gasteiger partial charge in [0.1, 0.15) is 0 Å². The molecule has 0 aromatic heterocycles. The lowest BCUT2D eigenvalue weighted by Crippen LogP contribution is -2.47. The van der Waals surface area contributed by atoms with E-state index in [-0.39, 0.29) is 0 Å². The molecule has 0 amide bonds. The van der Waals surface area contributed by atoms with Crippen LogP contribution in [0.3, 0.4) is 0 Å². The average molecular weight is 454 g/mol. The van der Waals surface area contributed by atoms with Crippen molar-refractivity contribution in [2.75, 3.05) is 68.8 Å². The maximum absolute atomic E-state index is 5.61. The Labute approximate surface area is 203 Å². The van der Waals surface area contributed by atoms with Crippen molar-refractivity contribution in [2.45, 2.75) is 66.2 Å². The van der Waals surface area contributed by atoms with Gasteiger partial charge in [-0.05, 0) is 67.3 Å². The molecule has 2 saturated heterocycles. The SMILES string of the molecule is CCCCCN1CCN(c2ccc(N3CCOCC3)cc2C2=CCC(C(C)(C)C)CC2)CC1. The van der Waals surface area contributed by atoms with E-state index < -0.39 is 0 Å². The second kappa shape index (κ2) is 11.3. The third kappa shape index (κ3) is 6.33. The van der Waals surface area contributed by atoms with Crippen LogP contribution in [0.1, 0.15) is 71.8 Å². The number of unbranched alkanes of at least 4 members (excludes halogenated alkanes) is 2. The van der Waals surface area contributed by atoms with Crippen LogP contribution < -0.4 is 9.80 Å². The second-order valence-electron chi connectivity index (χ2n) is 11.4. The largest absolute Gasteiger partial charge is 0.378 e. The minimum atomic E-state index is 0.397. The van der Waals surface area contributed by atoms with Crippen LogP contribution in [0.25, 0.3) is 5.57 Å². The highest BCUT2D eigenvalue weighted by Gasteiger charge is 2.28. The molecule has 0 N–H and O–H groups in total. The summed E-state index contributed by atoms with van der Waals surface area (Å²) in [6.45, 7) is 19.1. The van der Waals surface area contributed by atoms with Crippen molar-refractivity contribution in [3.05, 3.63) is 29.8 Å². The fourth-order valence-electron chi connectivity index (χ4n) is 5.74. The Morgan fingerprint density at radius 1 is 0.939 bits per heavy atom. The summed E-state index contributed by atoms with van der Waals surface area (Å²) in [6, 6.07) is 7.28. The summed E-state index contributed by atoms with van der Waals surface area (Å²) in [4.78, 5) is 7.83. The lowest BCUT2D eigenvalue weighted by molar-refractivity contribution is 0.122. The fraction of sp³-hybridized carbons (Fsp3) is 0.724. The molecule has 4 nitrogen and oxygen atoms in total. The minimum absolute atomic E-state index is 0.397. The molecule has 2 heterocycles. The van der Waals surface area contributed by atoms with Gasteiger partial charge in [-0.3, -0.25) is 4.90 Å². The topological polar surface area (TPSA) is 19.0 Å². The molecule has 0 spiro atoms. The zero-order valence-electron chi connectivity index (χ0n) is 21.7. The van der Waals surface area contributed by atoms with E-state index in [1.807, 2.05) is 0 Å². The molecule has 4 heteroatoms. The number of rotatable bonds is 7. The molecule has 184 valence electrons. The van der Waals surface area contributed by atoms with Crippen LogP contribution in [0.2, 0.25) is 0 Å². The Hall–Kier alpha value is -1.52. The van der Waals surface area contributed by atoms with E-state index in [4.69, 9.17) is 4.74 Å². The van der Waals surface area contributed by atoms with Gasteiger partial charge in [0.15, 0.2) is 0 Å². The smallest absolute Gasteiger partial charge is 0.0642 e. The number of anilines is 2. The van der Waals surface area contributed by atoms with Gasteiger partial charge < -0.3 is 14.5 Å². The van der Waals surface area contributed by atoms with E-state index in [0.717, 1.165) is 45.3 Å². The third-order valence-electron chi connectivity index (χ3n) is 8.13. The summed E-state index contributed by atoms with van der Waals surface area (Å²) in [5, 5.41) is 0. The van der Waals surface area contributed by atoms with E-state index in [1.165, 1.54) is 75.1 Å². The molecule has 0 bridgehead atoms. The Morgan fingerprint density at radius 2 is 1.70 bits per heavy atom. The van der Waals surface area contributed by atoms with Gasteiger partial charge in [-0.2, -0.15) is 0 Å². The lowest BCUT2D eigenvalue weighted by atomic mass is 9.72. The predicted molar refractivity (Wildman–Crippen MR) is 142 cm³/mol. The van der Waals surface area contributed by atoms with Crippen LogP contribution in [0, 0.1) is 11.3 Å². The second-order valence-corrected chi connectivity index (χ2v) is 11.4. The van der Waals surface area contributed by atoms with Crippen molar-refractivity contribution >= 4 is 16.9 Å². The number of benzene rings is 1. The van der Waals surface area contributed by atoms with Crippen LogP contribution >= 0.6 is 0 Å². The van der Waals surface area contributed by atoms with Gasteiger partial charge in [0.05, 0.1) is 13.2 Å². The molecule has 0 saturated carbocycles. The highest BCUT2D eigenvalue weighted by Crippen LogP contribution is 2.42. The van der Waals surface area contributed by atoms with Crippen molar-refractivity contribution in [3.8, 4) is 0 Å². The van der Waals surface area contributed by atoms with Crippen LogP contribution in [0.4, 0.5) is 11.4 Å². The molecular formula is C29H47N3O. The van der Waals surface area contributed by atoms with Gasteiger partial charge >= 0.3 is 0 Å². The molecule has 1 unspecified atom stereocenters. The van der Waals surface area contributed by atoms with Crippen LogP contribution in [-0.4, -0.2) is 63.9 Å². The van der Waals surface area contributed by atoms with Gasteiger partial charge in [0, 0.05) is 56.2 Å². The highest BCUT2D eigenvalue weighted by molar-refractivity contribution is 5.80. The van der Waals surface area contributed by atoms with Gasteiger partial charge in [0.25, 0.3) is 0 Å². The molecule has 1 aromatic carbocycles. The molecule has 1 aliphatic carbocycles. The molecule has 33 heavy (non-hydrogen) atoms. The Balaban J connectivity index is 1.53. The number of morpholine rings is 1. The summed E-state index contributed by atoms with van der Waals surface area (Å²) >= 11 is 0. The third-order valence-corrected chi connectivity index (χ3v) is 8.13. The van der Waals surface area contributed by atoms with Gasteiger partial charge in [-0.1, -0.05) is 46.6 Å². The van der Waals surface area contributed by atoms with Crippen molar-refractivity contribution in [3.63, 3.8) is 0 Å².